The summed E-state index contributed by atoms with van der Waals surface area (Å²) in [5.41, 5.74) is 2.17. The number of amides is 2. The molecule has 0 atom stereocenters. The van der Waals surface area contributed by atoms with Crippen LogP contribution in [0, 0.1) is 6.92 Å². The molecular formula is C19H22N2O3S. The Morgan fingerprint density at radius 1 is 1.16 bits per heavy atom. The molecule has 0 aliphatic rings. The average molecular weight is 358 g/mol. The lowest BCUT2D eigenvalue weighted by Crippen LogP contribution is -2.33. The third-order valence-electron chi connectivity index (χ3n) is 3.47. The second-order valence-corrected chi connectivity index (χ2v) is 6.67. The number of hydrogen-bond donors (Lipinski definition) is 2. The van der Waals surface area contributed by atoms with Gasteiger partial charge < -0.3 is 15.4 Å². The zero-order chi connectivity index (χ0) is 18.2. The molecule has 0 aliphatic heterocycles. The van der Waals surface area contributed by atoms with Crippen molar-refractivity contribution in [3.8, 4) is 5.75 Å². The van der Waals surface area contributed by atoms with Gasteiger partial charge in [-0.25, -0.2) is 0 Å². The van der Waals surface area contributed by atoms with Gasteiger partial charge in [-0.15, -0.1) is 11.8 Å². The summed E-state index contributed by atoms with van der Waals surface area (Å²) in [4.78, 5) is 25.4. The molecule has 0 saturated heterocycles. The molecule has 0 fully saturated rings. The van der Waals surface area contributed by atoms with Crippen LogP contribution in [0.3, 0.4) is 0 Å². The van der Waals surface area contributed by atoms with Crippen LogP contribution in [0.15, 0.2) is 47.4 Å². The van der Waals surface area contributed by atoms with Crippen molar-refractivity contribution in [2.24, 2.45) is 0 Å². The van der Waals surface area contributed by atoms with E-state index in [1.165, 1.54) is 0 Å². The minimum Gasteiger partial charge on any atom is -0.495 e. The zero-order valence-corrected chi connectivity index (χ0v) is 15.4. The summed E-state index contributed by atoms with van der Waals surface area (Å²) in [5.74, 6) is 0.883. The molecule has 5 nitrogen and oxygen atoms in total. The number of carbonyl (C=O) groups is 2. The second-order valence-electron chi connectivity index (χ2n) is 5.36. The molecule has 0 saturated carbocycles. The molecule has 2 rings (SSSR count). The maximum atomic E-state index is 12.3. The quantitative estimate of drug-likeness (QED) is 0.744. The molecule has 0 aliphatic carbocycles. The van der Waals surface area contributed by atoms with Crippen LogP contribution in [0.5, 0.6) is 5.75 Å². The molecule has 25 heavy (non-hydrogen) atoms. The van der Waals surface area contributed by atoms with Crippen molar-refractivity contribution in [2.45, 2.75) is 18.7 Å². The molecule has 132 valence electrons. The topological polar surface area (TPSA) is 67.4 Å². The lowest BCUT2D eigenvalue weighted by Gasteiger charge is -2.12. The third kappa shape index (κ3) is 5.26. The number of methoxy groups -OCH3 is 1. The molecule has 0 radical (unpaired) electrons. The van der Waals surface area contributed by atoms with Gasteiger partial charge in [0.25, 0.3) is 5.91 Å². The Morgan fingerprint density at radius 3 is 2.64 bits per heavy atom. The van der Waals surface area contributed by atoms with E-state index in [2.05, 4.69) is 10.6 Å². The van der Waals surface area contributed by atoms with Gasteiger partial charge in [0.15, 0.2) is 0 Å². The van der Waals surface area contributed by atoms with E-state index in [1.807, 2.05) is 44.2 Å². The molecule has 2 aromatic rings. The third-order valence-corrected chi connectivity index (χ3v) is 4.43. The Hall–Kier alpha value is -2.47. The van der Waals surface area contributed by atoms with Gasteiger partial charge >= 0.3 is 0 Å². The van der Waals surface area contributed by atoms with Gasteiger partial charge in [0, 0.05) is 4.90 Å². The fourth-order valence-corrected chi connectivity index (χ4v) is 3.11. The molecule has 0 aromatic heterocycles. The SMILES string of the molecule is CCSc1ccccc1C(=O)NCC(=O)Nc1cc(C)ccc1OC. The van der Waals surface area contributed by atoms with Gasteiger partial charge in [0.05, 0.1) is 24.9 Å². The van der Waals surface area contributed by atoms with Crippen LogP contribution in [0.4, 0.5) is 5.69 Å². The van der Waals surface area contributed by atoms with Crippen molar-refractivity contribution in [3.05, 3.63) is 53.6 Å². The lowest BCUT2D eigenvalue weighted by atomic mass is 10.2. The number of carbonyl (C=O) groups excluding carboxylic acids is 2. The van der Waals surface area contributed by atoms with E-state index >= 15 is 0 Å². The standard InChI is InChI=1S/C19H22N2O3S/c1-4-25-17-8-6-5-7-14(17)19(23)20-12-18(22)21-15-11-13(2)9-10-16(15)24-3/h5-11H,4,12H2,1-3H3,(H,20,23)(H,21,22). The van der Waals surface area contributed by atoms with Crippen molar-refractivity contribution in [1.82, 2.24) is 5.32 Å². The van der Waals surface area contributed by atoms with Gasteiger partial charge in [-0.05, 0) is 42.5 Å². The average Bonchev–Trinajstić information content (AvgIpc) is 2.61. The maximum absolute atomic E-state index is 12.3. The van der Waals surface area contributed by atoms with Crippen molar-refractivity contribution in [1.29, 1.82) is 0 Å². The van der Waals surface area contributed by atoms with Crippen molar-refractivity contribution < 1.29 is 14.3 Å². The number of rotatable bonds is 7. The summed E-state index contributed by atoms with van der Waals surface area (Å²) >= 11 is 1.60. The van der Waals surface area contributed by atoms with Crippen LogP contribution in [0.1, 0.15) is 22.8 Å². The van der Waals surface area contributed by atoms with Gasteiger partial charge in [-0.1, -0.05) is 25.1 Å². The Kier molecular flexibility index (Phi) is 6.89. The number of aryl methyl sites for hydroxylation is 1. The molecule has 2 aromatic carbocycles. The first-order chi connectivity index (χ1) is 12.0. The number of benzene rings is 2. The van der Waals surface area contributed by atoms with Gasteiger partial charge in [-0.3, -0.25) is 9.59 Å². The molecule has 6 heteroatoms. The number of nitrogens with one attached hydrogen (secondary N) is 2. The van der Waals surface area contributed by atoms with E-state index in [0.29, 0.717) is 17.0 Å². The van der Waals surface area contributed by atoms with Gasteiger partial charge in [0.1, 0.15) is 5.75 Å². The molecule has 0 unspecified atom stereocenters. The molecule has 2 amide bonds. The highest BCUT2D eigenvalue weighted by Gasteiger charge is 2.13. The predicted molar refractivity (Wildman–Crippen MR) is 102 cm³/mol. The largest absolute Gasteiger partial charge is 0.495 e. The summed E-state index contributed by atoms with van der Waals surface area (Å²) in [6, 6.07) is 12.9. The summed E-state index contributed by atoms with van der Waals surface area (Å²) < 4.78 is 5.23. The molecule has 0 bridgehead atoms. The summed E-state index contributed by atoms with van der Waals surface area (Å²) in [6.07, 6.45) is 0. The smallest absolute Gasteiger partial charge is 0.252 e. The molecular weight excluding hydrogens is 336 g/mol. The van der Waals surface area contributed by atoms with E-state index in [0.717, 1.165) is 16.2 Å². The van der Waals surface area contributed by atoms with Gasteiger partial charge in [0.2, 0.25) is 5.91 Å². The first-order valence-electron chi connectivity index (χ1n) is 7.99. The van der Waals surface area contributed by atoms with Crippen LogP contribution in [0.2, 0.25) is 0 Å². The fraction of sp³-hybridized carbons (Fsp3) is 0.263. The van der Waals surface area contributed by atoms with E-state index in [4.69, 9.17) is 4.74 Å². The minimum atomic E-state index is -0.308. The van der Waals surface area contributed by atoms with Gasteiger partial charge in [-0.2, -0.15) is 0 Å². The lowest BCUT2D eigenvalue weighted by molar-refractivity contribution is -0.115. The number of ether oxygens (including phenoxy) is 1. The van der Waals surface area contributed by atoms with E-state index in [9.17, 15) is 9.59 Å². The van der Waals surface area contributed by atoms with E-state index < -0.39 is 0 Å². The summed E-state index contributed by atoms with van der Waals surface area (Å²) in [7, 11) is 1.55. The number of hydrogen-bond acceptors (Lipinski definition) is 4. The van der Waals surface area contributed by atoms with Crippen LogP contribution in [0.25, 0.3) is 0 Å². The fourth-order valence-electron chi connectivity index (χ4n) is 2.31. The van der Waals surface area contributed by atoms with Crippen molar-refractivity contribution in [3.63, 3.8) is 0 Å². The number of thioether (sulfide) groups is 1. The Labute approximate surface area is 152 Å². The van der Waals surface area contributed by atoms with Crippen molar-refractivity contribution >= 4 is 29.3 Å². The normalized spacial score (nSPS) is 10.2. The number of anilines is 1. The molecule has 0 heterocycles. The maximum Gasteiger partial charge on any atom is 0.252 e. The first-order valence-corrected chi connectivity index (χ1v) is 8.98. The van der Waals surface area contributed by atoms with Crippen LogP contribution >= 0.6 is 11.8 Å². The second kappa shape index (κ2) is 9.13. The van der Waals surface area contributed by atoms with Crippen LogP contribution in [-0.2, 0) is 4.79 Å². The van der Waals surface area contributed by atoms with Crippen LogP contribution in [-0.4, -0.2) is 31.2 Å². The van der Waals surface area contributed by atoms with E-state index in [1.54, 1.807) is 31.0 Å². The highest BCUT2D eigenvalue weighted by Crippen LogP contribution is 2.25. The highest BCUT2D eigenvalue weighted by molar-refractivity contribution is 7.99. The molecule has 2 N–H and O–H groups in total. The Balaban J connectivity index is 1.98. The Morgan fingerprint density at radius 2 is 1.92 bits per heavy atom. The Bertz CT molecular complexity index is 762. The van der Waals surface area contributed by atoms with E-state index in [-0.39, 0.29) is 18.4 Å². The summed E-state index contributed by atoms with van der Waals surface area (Å²) in [6.45, 7) is 3.85. The van der Waals surface area contributed by atoms with Crippen molar-refractivity contribution in [2.75, 3.05) is 24.7 Å². The minimum absolute atomic E-state index is 0.110. The van der Waals surface area contributed by atoms with Crippen LogP contribution < -0.4 is 15.4 Å². The predicted octanol–water partition coefficient (Wildman–Crippen LogP) is 3.48. The molecule has 0 spiro atoms. The first kappa shape index (κ1) is 18.9. The zero-order valence-electron chi connectivity index (χ0n) is 14.6. The monoisotopic (exact) mass is 358 g/mol. The summed E-state index contributed by atoms with van der Waals surface area (Å²) in [5, 5.41) is 5.43. The highest BCUT2D eigenvalue weighted by atomic mass is 32.2.